The molecule has 0 saturated heterocycles. The van der Waals surface area contributed by atoms with Gasteiger partial charge in [-0.1, -0.05) is 18.2 Å². The van der Waals surface area contributed by atoms with Crippen LogP contribution in [0.5, 0.6) is 5.75 Å². The molecule has 0 spiro atoms. The van der Waals surface area contributed by atoms with E-state index in [2.05, 4.69) is 15.6 Å². The molecule has 26 heavy (non-hydrogen) atoms. The van der Waals surface area contributed by atoms with Gasteiger partial charge in [-0.15, -0.1) is 0 Å². The lowest BCUT2D eigenvalue weighted by molar-refractivity contribution is -0.125. The fourth-order valence-electron chi connectivity index (χ4n) is 1.98. The smallest absolute Gasteiger partial charge is 0.315 e. The van der Waals surface area contributed by atoms with Crippen molar-refractivity contribution < 1.29 is 14.3 Å². The first-order valence-corrected chi connectivity index (χ1v) is 8.30. The number of amides is 3. The Bertz CT molecular complexity index is 730. The molecule has 0 bridgehead atoms. The zero-order valence-corrected chi connectivity index (χ0v) is 15.0. The van der Waals surface area contributed by atoms with Gasteiger partial charge in [0.05, 0.1) is 11.1 Å². The number of pyridine rings is 1. The number of ether oxygens (including phenoxy) is 1. The maximum absolute atomic E-state index is 11.8. The minimum absolute atomic E-state index is 0.175. The van der Waals surface area contributed by atoms with Crippen LogP contribution in [0, 0.1) is 5.41 Å². The Labute approximate surface area is 153 Å². The number of benzene rings is 1. The summed E-state index contributed by atoms with van der Waals surface area (Å²) in [6.45, 7) is 4.30. The number of nitrogens with zero attached hydrogens (tertiary/aromatic N) is 1. The molecule has 0 aliphatic carbocycles. The highest BCUT2D eigenvalue weighted by Crippen LogP contribution is 2.14. The Balaban J connectivity index is 1.75. The van der Waals surface area contributed by atoms with E-state index in [1.807, 2.05) is 42.5 Å². The summed E-state index contributed by atoms with van der Waals surface area (Å²) in [4.78, 5) is 27.2. The van der Waals surface area contributed by atoms with Crippen LogP contribution < -0.4 is 21.1 Å². The van der Waals surface area contributed by atoms with E-state index >= 15 is 0 Å². The van der Waals surface area contributed by atoms with Gasteiger partial charge in [0.25, 0.3) is 0 Å². The van der Waals surface area contributed by atoms with Crippen LogP contribution in [-0.2, 0) is 17.9 Å². The average molecular weight is 356 g/mol. The molecule has 1 aromatic carbocycles. The highest BCUT2D eigenvalue weighted by Gasteiger charge is 2.25. The lowest BCUT2D eigenvalue weighted by Gasteiger charge is -2.20. The predicted molar refractivity (Wildman–Crippen MR) is 98.2 cm³/mol. The summed E-state index contributed by atoms with van der Waals surface area (Å²) in [7, 11) is 0. The Morgan fingerprint density at radius 1 is 1.12 bits per heavy atom. The van der Waals surface area contributed by atoms with Gasteiger partial charge in [0.1, 0.15) is 12.4 Å². The first-order valence-electron chi connectivity index (χ1n) is 8.30. The second-order valence-electron chi connectivity index (χ2n) is 6.54. The molecule has 1 heterocycles. The molecule has 7 heteroatoms. The third kappa shape index (κ3) is 6.08. The summed E-state index contributed by atoms with van der Waals surface area (Å²) < 4.78 is 5.67. The SMILES string of the molecule is CC(C)(CNC(=O)NCc1ccc(OCc2ccccn2)cc1)C(N)=O. The number of hydrogen-bond acceptors (Lipinski definition) is 4. The summed E-state index contributed by atoms with van der Waals surface area (Å²) in [5, 5.41) is 5.38. The van der Waals surface area contributed by atoms with E-state index in [0.29, 0.717) is 13.2 Å². The second kappa shape index (κ2) is 8.84. The molecule has 3 amide bonds. The molecule has 0 radical (unpaired) electrons. The molecule has 7 nitrogen and oxygen atoms in total. The zero-order chi connectivity index (χ0) is 19.0. The van der Waals surface area contributed by atoms with Crippen LogP contribution in [0.1, 0.15) is 25.1 Å². The first kappa shape index (κ1) is 19.2. The van der Waals surface area contributed by atoms with Crippen LogP contribution in [0.3, 0.4) is 0 Å². The van der Waals surface area contributed by atoms with E-state index in [-0.39, 0.29) is 12.6 Å². The first-order chi connectivity index (χ1) is 12.4. The van der Waals surface area contributed by atoms with Gasteiger partial charge in [0, 0.05) is 19.3 Å². The van der Waals surface area contributed by atoms with Crippen molar-refractivity contribution in [2.24, 2.45) is 11.1 Å². The fourth-order valence-corrected chi connectivity index (χ4v) is 1.98. The van der Waals surface area contributed by atoms with Crippen molar-refractivity contribution >= 4 is 11.9 Å². The van der Waals surface area contributed by atoms with Gasteiger partial charge in [-0.2, -0.15) is 0 Å². The molecule has 0 fully saturated rings. The minimum Gasteiger partial charge on any atom is -0.487 e. The highest BCUT2D eigenvalue weighted by molar-refractivity contribution is 5.81. The van der Waals surface area contributed by atoms with Crippen molar-refractivity contribution in [2.45, 2.75) is 27.0 Å². The van der Waals surface area contributed by atoms with Gasteiger partial charge in [0.2, 0.25) is 5.91 Å². The van der Waals surface area contributed by atoms with Crippen LogP contribution in [0.2, 0.25) is 0 Å². The maximum atomic E-state index is 11.8. The van der Waals surface area contributed by atoms with Gasteiger partial charge < -0.3 is 21.1 Å². The van der Waals surface area contributed by atoms with Gasteiger partial charge in [-0.05, 0) is 43.7 Å². The Hall–Kier alpha value is -3.09. The molecule has 138 valence electrons. The topological polar surface area (TPSA) is 106 Å². The standard InChI is InChI=1S/C19H24N4O3/c1-19(2,17(20)24)13-23-18(25)22-11-14-6-8-16(9-7-14)26-12-15-5-3-4-10-21-15/h3-10H,11-13H2,1-2H3,(H2,20,24)(H2,22,23,25). The molecule has 0 saturated carbocycles. The number of nitrogens with one attached hydrogen (secondary N) is 2. The number of nitrogens with two attached hydrogens (primary N) is 1. The van der Waals surface area contributed by atoms with E-state index in [1.165, 1.54) is 0 Å². The molecule has 4 N–H and O–H groups in total. The second-order valence-corrected chi connectivity index (χ2v) is 6.54. The van der Waals surface area contributed by atoms with Gasteiger partial charge in [0.15, 0.2) is 0 Å². The third-order valence-corrected chi connectivity index (χ3v) is 3.85. The number of carbonyl (C=O) groups is 2. The molecule has 0 aliphatic heterocycles. The minimum atomic E-state index is -0.788. The highest BCUT2D eigenvalue weighted by atomic mass is 16.5. The average Bonchev–Trinajstić information content (AvgIpc) is 2.64. The fraction of sp³-hybridized carbons (Fsp3) is 0.316. The van der Waals surface area contributed by atoms with Crippen LogP contribution in [0.4, 0.5) is 4.79 Å². The maximum Gasteiger partial charge on any atom is 0.315 e. The summed E-state index contributed by atoms with van der Waals surface area (Å²) in [6, 6.07) is 12.8. The van der Waals surface area contributed by atoms with Crippen molar-refractivity contribution in [1.29, 1.82) is 0 Å². The summed E-state index contributed by atoms with van der Waals surface area (Å²) in [6.07, 6.45) is 1.73. The van der Waals surface area contributed by atoms with Crippen LogP contribution in [-0.4, -0.2) is 23.5 Å². The third-order valence-electron chi connectivity index (χ3n) is 3.85. The quantitative estimate of drug-likeness (QED) is 0.672. The van der Waals surface area contributed by atoms with E-state index in [4.69, 9.17) is 10.5 Å². The number of urea groups is 1. The molecule has 0 aliphatic rings. The lowest BCUT2D eigenvalue weighted by Crippen LogP contribution is -2.45. The molecule has 2 aromatic rings. The van der Waals surface area contributed by atoms with Crippen molar-refractivity contribution in [1.82, 2.24) is 15.6 Å². The number of primary amides is 1. The Kier molecular flexibility index (Phi) is 6.54. The van der Waals surface area contributed by atoms with Gasteiger partial charge >= 0.3 is 6.03 Å². The van der Waals surface area contributed by atoms with E-state index in [0.717, 1.165) is 17.0 Å². The Morgan fingerprint density at radius 2 is 1.85 bits per heavy atom. The van der Waals surface area contributed by atoms with Crippen molar-refractivity contribution in [3.63, 3.8) is 0 Å². The number of rotatable bonds is 8. The van der Waals surface area contributed by atoms with Crippen molar-refractivity contribution in [2.75, 3.05) is 6.54 Å². The Morgan fingerprint density at radius 3 is 2.46 bits per heavy atom. The van der Waals surface area contributed by atoms with Crippen LogP contribution >= 0.6 is 0 Å². The molecule has 0 atom stereocenters. The van der Waals surface area contributed by atoms with Crippen LogP contribution in [0.25, 0.3) is 0 Å². The monoisotopic (exact) mass is 356 g/mol. The summed E-state index contributed by atoms with van der Waals surface area (Å²) in [5.41, 5.74) is 6.27. The van der Waals surface area contributed by atoms with Gasteiger partial charge in [-0.25, -0.2) is 4.79 Å². The van der Waals surface area contributed by atoms with Crippen molar-refractivity contribution in [3.05, 3.63) is 59.9 Å². The van der Waals surface area contributed by atoms with Crippen LogP contribution in [0.15, 0.2) is 48.7 Å². The number of carbonyl (C=O) groups excluding carboxylic acids is 2. The molecular formula is C19H24N4O3. The normalized spacial score (nSPS) is 10.8. The lowest BCUT2D eigenvalue weighted by atomic mass is 9.93. The molecule has 1 aromatic heterocycles. The van der Waals surface area contributed by atoms with Crippen molar-refractivity contribution in [3.8, 4) is 5.75 Å². The predicted octanol–water partition coefficient (Wildman–Crippen LogP) is 1.97. The summed E-state index contributed by atoms with van der Waals surface area (Å²) >= 11 is 0. The van der Waals surface area contributed by atoms with Gasteiger partial charge in [-0.3, -0.25) is 9.78 Å². The van der Waals surface area contributed by atoms with E-state index in [9.17, 15) is 9.59 Å². The molecular weight excluding hydrogens is 332 g/mol. The summed E-state index contributed by atoms with van der Waals surface area (Å²) in [5.74, 6) is 0.270. The molecule has 0 unspecified atom stereocenters. The van der Waals surface area contributed by atoms with E-state index < -0.39 is 11.3 Å². The van der Waals surface area contributed by atoms with E-state index in [1.54, 1.807) is 20.0 Å². The largest absolute Gasteiger partial charge is 0.487 e. The molecule has 2 rings (SSSR count). The number of hydrogen-bond donors (Lipinski definition) is 3. The zero-order valence-electron chi connectivity index (χ0n) is 15.0. The number of aromatic nitrogens is 1.